The zero-order chi connectivity index (χ0) is 29.6. The Morgan fingerprint density at radius 2 is 1.14 bits per heavy atom. The fourth-order valence-corrected chi connectivity index (χ4v) is 14.3. The average molecular weight is 590 g/mol. The molecule has 0 amide bonds. The van der Waals surface area contributed by atoms with Gasteiger partial charge in [-0.1, -0.05) is 136 Å². The summed E-state index contributed by atoms with van der Waals surface area (Å²) in [6.07, 6.45) is 2.00. The zero-order valence-electron chi connectivity index (χ0n) is 25.1. The molecule has 7 aromatic rings. The second-order valence-corrected chi connectivity index (χ2v) is 17.6. The standard InChI is InChI=1S/C40H35NSSi/c1-28-34-24-25-41-37(30-26-29-16-14-15-23-35(29)36(27-30)40(2,3)4)38(34)42-39(28)43(31-17-8-5-9-18-31,32-19-10-6-11-20-32)33-21-12-7-13-22-33/h5-27H,1-4H3. The summed E-state index contributed by atoms with van der Waals surface area (Å²) in [5.41, 5.74) is 4.99. The summed E-state index contributed by atoms with van der Waals surface area (Å²) in [6.45, 7) is 9.24. The summed E-state index contributed by atoms with van der Waals surface area (Å²) in [5.74, 6) is 0. The molecule has 0 aliphatic heterocycles. The average Bonchev–Trinajstić information content (AvgIpc) is 3.38. The Hall–Kier alpha value is -4.31. The summed E-state index contributed by atoms with van der Waals surface area (Å²) < 4.78 is 2.74. The van der Waals surface area contributed by atoms with Gasteiger partial charge in [-0.05, 0) is 73.4 Å². The molecule has 2 aromatic heterocycles. The van der Waals surface area contributed by atoms with Gasteiger partial charge in [0.1, 0.15) is 0 Å². The van der Waals surface area contributed by atoms with Gasteiger partial charge in [-0.3, -0.25) is 4.98 Å². The maximum absolute atomic E-state index is 5.09. The van der Waals surface area contributed by atoms with E-state index in [-0.39, 0.29) is 5.41 Å². The van der Waals surface area contributed by atoms with Gasteiger partial charge in [0, 0.05) is 16.3 Å². The summed E-state index contributed by atoms with van der Waals surface area (Å²) in [5, 5.41) is 8.08. The first-order valence-electron chi connectivity index (χ1n) is 15.0. The zero-order valence-corrected chi connectivity index (χ0v) is 27.0. The SMILES string of the molecule is Cc1c([Si](c2ccccc2)(c2ccccc2)c2ccccc2)sc2c(-c3cc(C(C)(C)C)c4ccccc4c3)nccc12. The van der Waals surface area contributed by atoms with Crippen molar-refractivity contribution < 1.29 is 0 Å². The van der Waals surface area contributed by atoms with Gasteiger partial charge in [0.25, 0.3) is 0 Å². The van der Waals surface area contributed by atoms with Crippen LogP contribution in [-0.2, 0) is 5.41 Å². The quantitative estimate of drug-likeness (QED) is 0.146. The van der Waals surface area contributed by atoms with Crippen LogP contribution >= 0.6 is 11.3 Å². The molecule has 43 heavy (non-hydrogen) atoms. The monoisotopic (exact) mass is 589 g/mol. The molecule has 0 aliphatic rings. The number of thiophene rings is 1. The summed E-state index contributed by atoms with van der Waals surface area (Å²) in [7, 11) is -2.65. The number of aryl methyl sites for hydroxylation is 1. The summed E-state index contributed by atoms with van der Waals surface area (Å²) in [4.78, 5) is 5.09. The Bertz CT molecular complexity index is 1960. The van der Waals surface area contributed by atoms with E-state index in [4.69, 9.17) is 4.98 Å². The van der Waals surface area contributed by atoms with Gasteiger partial charge in [0.2, 0.25) is 0 Å². The Morgan fingerprint density at radius 3 is 1.70 bits per heavy atom. The molecule has 3 heteroatoms. The molecule has 0 saturated heterocycles. The number of pyridine rings is 1. The highest BCUT2D eigenvalue weighted by atomic mass is 32.1. The van der Waals surface area contributed by atoms with Crippen LogP contribution in [0.1, 0.15) is 31.9 Å². The van der Waals surface area contributed by atoms with Gasteiger partial charge in [0.05, 0.1) is 10.4 Å². The smallest absolute Gasteiger partial charge is 0.191 e. The number of aromatic nitrogens is 1. The molecule has 2 heterocycles. The van der Waals surface area contributed by atoms with Crippen LogP contribution in [0.3, 0.4) is 0 Å². The fourth-order valence-electron chi connectivity index (χ4n) is 6.74. The summed E-state index contributed by atoms with van der Waals surface area (Å²) >= 11 is 1.95. The third-order valence-corrected chi connectivity index (χ3v) is 15.8. The van der Waals surface area contributed by atoms with E-state index >= 15 is 0 Å². The first-order valence-corrected chi connectivity index (χ1v) is 17.8. The van der Waals surface area contributed by atoms with Crippen molar-refractivity contribution in [2.24, 2.45) is 0 Å². The molecule has 0 radical (unpaired) electrons. The van der Waals surface area contributed by atoms with Crippen LogP contribution in [-0.4, -0.2) is 13.1 Å². The van der Waals surface area contributed by atoms with E-state index in [9.17, 15) is 0 Å². The minimum atomic E-state index is -2.65. The highest BCUT2D eigenvalue weighted by Crippen LogP contribution is 2.38. The Labute approximate surface area is 259 Å². The third kappa shape index (κ3) is 4.55. The van der Waals surface area contributed by atoms with Gasteiger partial charge in [-0.15, -0.1) is 11.3 Å². The molecule has 0 aliphatic carbocycles. The number of rotatable bonds is 5. The molecule has 7 rings (SSSR count). The molecule has 1 nitrogen and oxygen atoms in total. The normalized spacial score (nSPS) is 12.2. The molecule has 0 atom stereocenters. The molecule has 0 spiro atoms. The largest absolute Gasteiger partial charge is 0.255 e. The Morgan fingerprint density at radius 1 is 0.605 bits per heavy atom. The highest BCUT2D eigenvalue weighted by molar-refractivity contribution is 7.40. The van der Waals surface area contributed by atoms with E-state index in [2.05, 4.69) is 161 Å². The molecule has 0 saturated carbocycles. The molecule has 5 aromatic carbocycles. The number of hydrogen-bond donors (Lipinski definition) is 0. The topological polar surface area (TPSA) is 12.9 Å². The van der Waals surface area contributed by atoms with Crippen molar-refractivity contribution in [2.75, 3.05) is 0 Å². The number of fused-ring (bicyclic) bond motifs is 2. The van der Waals surface area contributed by atoms with Gasteiger partial charge in [0.15, 0.2) is 8.07 Å². The van der Waals surface area contributed by atoms with E-state index in [1.54, 1.807) is 0 Å². The van der Waals surface area contributed by atoms with Crippen molar-refractivity contribution in [3.8, 4) is 11.3 Å². The molecule has 0 bridgehead atoms. The highest BCUT2D eigenvalue weighted by Gasteiger charge is 2.44. The maximum atomic E-state index is 5.09. The Kier molecular flexibility index (Phi) is 6.88. The fraction of sp³-hybridized carbons (Fsp3) is 0.125. The van der Waals surface area contributed by atoms with Crippen molar-refractivity contribution in [2.45, 2.75) is 33.1 Å². The van der Waals surface area contributed by atoms with E-state index in [1.807, 2.05) is 17.5 Å². The molecule has 0 N–H and O–H groups in total. The van der Waals surface area contributed by atoms with Crippen molar-refractivity contribution >= 4 is 60.3 Å². The Balaban J connectivity index is 1.57. The van der Waals surface area contributed by atoms with Crippen LogP contribution in [0.15, 0.2) is 140 Å². The van der Waals surface area contributed by atoms with Crippen LogP contribution in [0.4, 0.5) is 0 Å². The minimum Gasteiger partial charge on any atom is -0.255 e. The van der Waals surface area contributed by atoms with Gasteiger partial charge >= 0.3 is 0 Å². The van der Waals surface area contributed by atoms with E-state index in [0.29, 0.717) is 0 Å². The number of nitrogens with zero attached hydrogens (tertiary/aromatic N) is 1. The second-order valence-electron chi connectivity index (χ2n) is 12.4. The van der Waals surface area contributed by atoms with Crippen molar-refractivity contribution in [1.29, 1.82) is 0 Å². The van der Waals surface area contributed by atoms with Crippen molar-refractivity contribution in [1.82, 2.24) is 4.98 Å². The van der Waals surface area contributed by atoms with Crippen molar-refractivity contribution in [3.05, 3.63) is 151 Å². The lowest BCUT2D eigenvalue weighted by Gasteiger charge is -2.33. The second kappa shape index (κ2) is 10.8. The molecular weight excluding hydrogens is 555 g/mol. The van der Waals surface area contributed by atoms with Crippen LogP contribution in [0.5, 0.6) is 0 Å². The van der Waals surface area contributed by atoms with Crippen LogP contribution in [0, 0.1) is 6.92 Å². The predicted octanol–water partition coefficient (Wildman–Crippen LogP) is 8.10. The lowest BCUT2D eigenvalue weighted by atomic mass is 9.82. The van der Waals surface area contributed by atoms with Gasteiger partial charge in [-0.25, -0.2) is 0 Å². The first kappa shape index (κ1) is 27.5. The van der Waals surface area contributed by atoms with Crippen LogP contribution < -0.4 is 20.1 Å². The van der Waals surface area contributed by atoms with Gasteiger partial charge < -0.3 is 0 Å². The maximum Gasteiger partial charge on any atom is 0.191 e. The number of hydrogen-bond acceptors (Lipinski definition) is 2. The number of benzene rings is 5. The predicted molar refractivity (Wildman–Crippen MR) is 190 cm³/mol. The van der Waals surface area contributed by atoms with Crippen LogP contribution in [0.2, 0.25) is 0 Å². The summed E-state index contributed by atoms with van der Waals surface area (Å²) in [6, 6.07) is 49.3. The molecule has 0 unspecified atom stereocenters. The third-order valence-electron chi connectivity index (χ3n) is 8.76. The lowest BCUT2D eigenvalue weighted by Crippen LogP contribution is -2.74. The van der Waals surface area contributed by atoms with E-state index in [1.165, 1.54) is 57.6 Å². The van der Waals surface area contributed by atoms with E-state index < -0.39 is 8.07 Å². The van der Waals surface area contributed by atoms with Gasteiger partial charge in [-0.2, -0.15) is 0 Å². The molecule has 210 valence electrons. The lowest BCUT2D eigenvalue weighted by molar-refractivity contribution is 0.596. The van der Waals surface area contributed by atoms with E-state index in [0.717, 1.165) is 5.69 Å². The minimum absolute atomic E-state index is 0.00995. The first-order chi connectivity index (χ1) is 20.9. The molecular formula is C40H35NSSi. The molecule has 0 fully saturated rings. The van der Waals surface area contributed by atoms with Crippen molar-refractivity contribution in [3.63, 3.8) is 0 Å². The van der Waals surface area contributed by atoms with Crippen LogP contribution in [0.25, 0.3) is 32.1 Å².